The zero-order valence-electron chi connectivity index (χ0n) is 8.47. The van der Waals surface area contributed by atoms with E-state index >= 15 is 0 Å². The lowest BCUT2D eigenvalue weighted by molar-refractivity contribution is 0.703. The molecule has 0 saturated carbocycles. The molecule has 0 fully saturated rings. The Morgan fingerprint density at radius 2 is 2.40 bits per heavy atom. The Kier molecular flexibility index (Phi) is 2.62. The van der Waals surface area contributed by atoms with Crippen LogP contribution in [0.5, 0.6) is 0 Å². The van der Waals surface area contributed by atoms with E-state index in [-0.39, 0.29) is 5.43 Å². The van der Waals surface area contributed by atoms with Crippen LogP contribution in [0.4, 0.5) is 0 Å². The number of aromatic nitrogens is 4. The molecule has 0 spiro atoms. The van der Waals surface area contributed by atoms with Crippen molar-refractivity contribution in [1.29, 1.82) is 0 Å². The Balaban J connectivity index is 2.25. The third-order valence-corrected chi connectivity index (χ3v) is 2.18. The average molecular weight is 204 g/mol. The smallest absolute Gasteiger partial charge is 0.200 e. The average Bonchev–Trinajstić information content (AvgIpc) is 2.65. The predicted molar refractivity (Wildman–Crippen MR) is 55.6 cm³/mol. The van der Waals surface area contributed by atoms with Crippen LogP contribution in [-0.2, 0) is 13.0 Å². The first-order chi connectivity index (χ1) is 7.29. The van der Waals surface area contributed by atoms with E-state index in [1.807, 2.05) is 17.7 Å². The molecule has 0 aliphatic heterocycles. The summed E-state index contributed by atoms with van der Waals surface area (Å²) in [6, 6.07) is 1.55. The number of hydrogen-bond donors (Lipinski definition) is 1. The van der Waals surface area contributed by atoms with E-state index in [2.05, 4.69) is 15.2 Å². The van der Waals surface area contributed by atoms with Crippen LogP contribution in [0.15, 0.2) is 29.5 Å². The van der Waals surface area contributed by atoms with Gasteiger partial charge < -0.3 is 4.57 Å². The molecule has 78 valence electrons. The lowest BCUT2D eigenvalue weighted by Crippen LogP contribution is -2.10. The summed E-state index contributed by atoms with van der Waals surface area (Å²) in [5, 5.41) is 6.55. The quantitative estimate of drug-likeness (QED) is 0.795. The lowest BCUT2D eigenvalue weighted by Gasteiger charge is -2.05. The molecule has 0 saturated heterocycles. The van der Waals surface area contributed by atoms with Gasteiger partial charge in [0.1, 0.15) is 5.82 Å². The zero-order valence-corrected chi connectivity index (χ0v) is 8.47. The zero-order chi connectivity index (χ0) is 10.7. The Bertz CT molecular complexity index is 500. The van der Waals surface area contributed by atoms with Gasteiger partial charge in [0.25, 0.3) is 0 Å². The van der Waals surface area contributed by atoms with Crippen LogP contribution in [0.2, 0.25) is 0 Å². The fourth-order valence-corrected chi connectivity index (χ4v) is 1.48. The number of imidazole rings is 1. The molecule has 0 amide bonds. The number of nitrogens with one attached hydrogen (secondary N) is 1. The maximum absolute atomic E-state index is 11.1. The number of nitrogens with zero attached hydrogens (tertiary/aromatic N) is 3. The number of aromatic amines is 1. The molecule has 2 rings (SSSR count). The van der Waals surface area contributed by atoms with Crippen LogP contribution in [0, 0.1) is 0 Å². The topological polar surface area (TPSA) is 63.6 Å². The van der Waals surface area contributed by atoms with E-state index in [1.165, 1.54) is 6.20 Å². The van der Waals surface area contributed by atoms with E-state index in [9.17, 15) is 4.79 Å². The van der Waals surface area contributed by atoms with Gasteiger partial charge in [-0.05, 0) is 0 Å². The fraction of sp³-hybridized carbons (Fsp3) is 0.300. The SMILES string of the molecule is CCc1nccn1Cc1cc(=O)cn[nH]1. The summed E-state index contributed by atoms with van der Waals surface area (Å²) in [6.45, 7) is 2.65. The van der Waals surface area contributed by atoms with Gasteiger partial charge in [-0.2, -0.15) is 5.10 Å². The van der Waals surface area contributed by atoms with Gasteiger partial charge in [-0.1, -0.05) is 6.92 Å². The van der Waals surface area contributed by atoms with Gasteiger partial charge in [-0.25, -0.2) is 4.98 Å². The van der Waals surface area contributed by atoms with Crippen molar-refractivity contribution in [3.63, 3.8) is 0 Å². The van der Waals surface area contributed by atoms with Crippen molar-refractivity contribution in [3.8, 4) is 0 Å². The Labute approximate surface area is 86.8 Å². The van der Waals surface area contributed by atoms with Gasteiger partial charge in [0, 0.05) is 24.9 Å². The van der Waals surface area contributed by atoms with Crippen LogP contribution in [0.1, 0.15) is 18.4 Å². The van der Waals surface area contributed by atoms with Crippen molar-refractivity contribution >= 4 is 0 Å². The second kappa shape index (κ2) is 4.08. The third kappa shape index (κ3) is 2.12. The summed E-state index contributed by atoms with van der Waals surface area (Å²) in [5.41, 5.74) is 0.706. The lowest BCUT2D eigenvalue weighted by atomic mass is 10.3. The van der Waals surface area contributed by atoms with Gasteiger partial charge in [0.15, 0.2) is 5.43 Å². The van der Waals surface area contributed by atoms with Crippen LogP contribution < -0.4 is 5.43 Å². The summed E-state index contributed by atoms with van der Waals surface area (Å²) in [7, 11) is 0. The van der Waals surface area contributed by atoms with Crippen molar-refractivity contribution in [1.82, 2.24) is 19.7 Å². The summed E-state index contributed by atoms with van der Waals surface area (Å²) in [4.78, 5) is 15.3. The van der Waals surface area contributed by atoms with Gasteiger partial charge in [0.05, 0.1) is 18.4 Å². The minimum Gasteiger partial charge on any atom is -0.329 e. The highest BCUT2D eigenvalue weighted by Crippen LogP contribution is 2.01. The van der Waals surface area contributed by atoms with Crippen LogP contribution in [-0.4, -0.2) is 19.7 Å². The Morgan fingerprint density at radius 1 is 1.53 bits per heavy atom. The van der Waals surface area contributed by atoms with Crippen molar-refractivity contribution < 1.29 is 0 Å². The monoisotopic (exact) mass is 204 g/mol. The molecule has 15 heavy (non-hydrogen) atoms. The van der Waals surface area contributed by atoms with E-state index < -0.39 is 0 Å². The molecule has 0 unspecified atom stereocenters. The first-order valence-electron chi connectivity index (χ1n) is 4.83. The molecule has 5 heteroatoms. The maximum atomic E-state index is 11.1. The molecule has 0 aliphatic rings. The van der Waals surface area contributed by atoms with Gasteiger partial charge in [0.2, 0.25) is 0 Å². The molecule has 5 nitrogen and oxygen atoms in total. The van der Waals surface area contributed by atoms with Crippen molar-refractivity contribution in [2.24, 2.45) is 0 Å². The normalized spacial score (nSPS) is 10.5. The number of rotatable bonds is 3. The summed E-state index contributed by atoms with van der Waals surface area (Å²) in [5.74, 6) is 1.000. The maximum Gasteiger partial charge on any atom is 0.200 e. The van der Waals surface area contributed by atoms with Crippen LogP contribution in [0.3, 0.4) is 0 Å². The first kappa shape index (κ1) is 9.64. The molecule has 2 heterocycles. The number of H-pyrrole nitrogens is 1. The van der Waals surface area contributed by atoms with Crippen molar-refractivity contribution in [2.45, 2.75) is 19.9 Å². The predicted octanol–water partition coefficient (Wildman–Crippen LogP) is 0.577. The molecule has 0 aliphatic carbocycles. The minimum atomic E-state index is -0.0816. The number of aryl methyl sites for hydroxylation is 1. The summed E-state index contributed by atoms with van der Waals surface area (Å²) < 4.78 is 1.99. The van der Waals surface area contributed by atoms with Gasteiger partial charge >= 0.3 is 0 Å². The fourth-order valence-electron chi connectivity index (χ4n) is 1.48. The molecular formula is C10H12N4O. The highest BCUT2D eigenvalue weighted by molar-refractivity contribution is 5.03. The Hall–Kier alpha value is -1.91. The molecule has 0 atom stereocenters. The molecule has 0 bridgehead atoms. The van der Waals surface area contributed by atoms with Crippen LogP contribution >= 0.6 is 0 Å². The molecule has 2 aromatic rings. The summed E-state index contributed by atoms with van der Waals surface area (Å²) in [6.07, 6.45) is 5.78. The van der Waals surface area contributed by atoms with E-state index in [0.29, 0.717) is 6.54 Å². The molecule has 1 N–H and O–H groups in total. The second-order valence-electron chi connectivity index (χ2n) is 3.27. The minimum absolute atomic E-state index is 0.0816. The molecular weight excluding hydrogens is 192 g/mol. The highest BCUT2D eigenvalue weighted by atomic mass is 16.1. The van der Waals surface area contributed by atoms with Gasteiger partial charge in [-0.15, -0.1) is 0 Å². The van der Waals surface area contributed by atoms with Crippen molar-refractivity contribution in [3.05, 3.63) is 46.4 Å². The standard InChI is InChI=1S/C10H12N4O/c1-2-10-11-3-4-14(10)7-8-5-9(15)6-12-13-8/h3-6H,2,7H2,1H3,(H,13,15). The third-order valence-electron chi connectivity index (χ3n) is 2.18. The molecule has 0 aromatic carbocycles. The largest absolute Gasteiger partial charge is 0.329 e. The first-order valence-corrected chi connectivity index (χ1v) is 4.83. The van der Waals surface area contributed by atoms with E-state index in [4.69, 9.17) is 0 Å². The van der Waals surface area contributed by atoms with Crippen LogP contribution in [0.25, 0.3) is 0 Å². The van der Waals surface area contributed by atoms with E-state index in [0.717, 1.165) is 17.9 Å². The summed E-state index contributed by atoms with van der Waals surface area (Å²) >= 11 is 0. The highest BCUT2D eigenvalue weighted by Gasteiger charge is 2.01. The Morgan fingerprint density at radius 3 is 3.13 bits per heavy atom. The van der Waals surface area contributed by atoms with Crippen molar-refractivity contribution in [2.75, 3.05) is 0 Å². The second-order valence-corrected chi connectivity index (χ2v) is 3.27. The van der Waals surface area contributed by atoms with E-state index in [1.54, 1.807) is 12.3 Å². The number of hydrogen-bond acceptors (Lipinski definition) is 3. The molecule has 2 aromatic heterocycles. The van der Waals surface area contributed by atoms with Gasteiger partial charge in [-0.3, -0.25) is 9.89 Å². The molecule has 0 radical (unpaired) electrons.